The van der Waals surface area contributed by atoms with Crippen LogP contribution in [0.2, 0.25) is 0 Å². The molecule has 2 aromatic rings. The smallest absolute Gasteiger partial charge is 0.254 e. The van der Waals surface area contributed by atoms with Gasteiger partial charge in [0.15, 0.2) is 0 Å². The van der Waals surface area contributed by atoms with Gasteiger partial charge >= 0.3 is 0 Å². The van der Waals surface area contributed by atoms with Crippen molar-refractivity contribution < 1.29 is 14.3 Å². The van der Waals surface area contributed by atoms with E-state index in [0.717, 1.165) is 47.8 Å². The lowest BCUT2D eigenvalue weighted by Crippen LogP contribution is -2.52. The highest BCUT2D eigenvalue weighted by atomic mass is 16.5. The van der Waals surface area contributed by atoms with E-state index < -0.39 is 0 Å². The molecule has 2 amide bonds. The molecule has 1 aromatic carbocycles. The Morgan fingerprint density at radius 2 is 1.75 bits per heavy atom. The molecule has 0 bridgehead atoms. The lowest BCUT2D eigenvalue weighted by molar-refractivity contribution is -0.142. The molecule has 5 rings (SSSR count). The molecule has 0 radical (unpaired) electrons. The number of amides is 2. The van der Waals surface area contributed by atoms with E-state index >= 15 is 0 Å². The summed E-state index contributed by atoms with van der Waals surface area (Å²) in [5, 5.41) is 0.912. The molecule has 2 saturated heterocycles. The summed E-state index contributed by atoms with van der Waals surface area (Å²) in [5.41, 5.74) is 2.67. The number of nitrogens with zero attached hydrogens (tertiary/aromatic N) is 3. The van der Waals surface area contributed by atoms with E-state index in [9.17, 15) is 9.59 Å². The molecule has 0 N–H and O–H groups in total. The van der Waals surface area contributed by atoms with Crippen LogP contribution in [-0.4, -0.2) is 65.5 Å². The second-order valence-corrected chi connectivity index (χ2v) is 8.01. The summed E-state index contributed by atoms with van der Waals surface area (Å²) in [6.45, 7) is 2.94. The molecule has 1 aliphatic carbocycles. The molecule has 0 spiro atoms. The van der Waals surface area contributed by atoms with Gasteiger partial charge in [0.1, 0.15) is 6.10 Å². The number of hydrogen-bond donors (Lipinski definition) is 0. The zero-order valence-corrected chi connectivity index (χ0v) is 16.0. The zero-order chi connectivity index (χ0) is 19.1. The number of aromatic nitrogens is 1. The predicted octanol–water partition coefficient (Wildman–Crippen LogP) is 2.58. The van der Waals surface area contributed by atoms with E-state index in [0.29, 0.717) is 38.7 Å². The Morgan fingerprint density at radius 1 is 1.00 bits per heavy atom. The van der Waals surface area contributed by atoms with Gasteiger partial charge in [-0.15, -0.1) is 0 Å². The summed E-state index contributed by atoms with van der Waals surface area (Å²) in [7, 11) is 0. The van der Waals surface area contributed by atoms with Crippen LogP contribution in [0.3, 0.4) is 0 Å². The summed E-state index contributed by atoms with van der Waals surface area (Å²) >= 11 is 0. The van der Waals surface area contributed by atoms with Crippen molar-refractivity contribution in [3.8, 4) is 0 Å². The number of fused-ring (bicyclic) bond motifs is 1. The molecule has 1 aromatic heterocycles. The first-order valence-corrected chi connectivity index (χ1v) is 10.3. The van der Waals surface area contributed by atoms with Crippen molar-refractivity contribution in [2.75, 3.05) is 32.8 Å². The minimum absolute atomic E-state index is 0.0460. The molecule has 1 unspecified atom stereocenters. The summed E-state index contributed by atoms with van der Waals surface area (Å²) < 4.78 is 5.52. The molecule has 2 aliphatic heterocycles. The Kier molecular flexibility index (Phi) is 4.51. The third-order valence-corrected chi connectivity index (χ3v) is 6.05. The second-order valence-electron chi connectivity index (χ2n) is 8.01. The van der Waals surface area contributed by atoms with Crippen molar-refractivity contribution in [3.05, 3.63) is 41.6 Å². The zero-order valence-electron chi connectivity index (χ0n) is 16.0. The molecule has 6 heteroatoms. The minimum atomic E-state index is -0.285. The number of carbonyl (C=O) groups is 2. The molecule has 6 nitrogen and oxygen atoms in total. The maximum atomic E-state index is 13.3. The summed E-state index contributed by atoms with van der Waals surface area (Å²) in [6, 6.07) is 9.87. The van der Waals surface area contributed by atoms with Gasteiger partial charge in [0.25, 0.3) is 11.8 Å². The topological polar surface area (TPSA) is 62.7 Å². The number of pyridine rings is 1. The number of carbonyl (C=O) groups excluding carboxylic acids is 2. The molecule has 3 fully saturated rings. The Balaban J connectivity index is 1.34. The van der Waals surface area contributed by atoms with Gasteiger partial charge in [0, 0.05) is 49.8 Å². The minimum Gasteiger partial charge on any atom is -0.368 e. The largest absolute Gasteiger partial charge is 0.368 e. The molecular weight excluding hydrogens is 354 g/mol. The SMILES string of the molecule is O=C(c1cc(C2CC2)nc2ccccc12)N1CCN(C(=O)C2CCCO2)CC1. The molecule has 28 heavy (non-hydrogen) atoms. The van der Waals surface area contributed by atoms with Crippen molar-refractivity contribution >= 4 is 22.7 Å². The van der Waals surface area contributed by atoms with Crippen LogP contribution < -0.4 is 0 Å². The maximum Gasteiger partial charge on any atom is 0.254 e. The van der Waals surface area contributed by atoms with Crippen LogP contribution in [0.4, 0.5) is 0 Å². The fraction of sp³-hybridized carbons (Fsp3) is 0.500. The lowest BCUT2D eigenvalue weighted by Gasteiger charge is -2.36. The highest BCUT2D eigenvalue weighted by Gasteiger charge is 2.32. The van der Waals surface area contributed by atoms with Gasteiger partial charge in [0.05, 0.1) is 11.1 Å². The average molecular weight is 379 g/mol. The Hall–Kier alpha value is -2.47. The van der Waals surface area contributed by atoms with E-state index in [4.69, 9.17) is 9.72 Å². The number of ether oxygens (including phenoxy) is 1. The summed E-state index contributed by atoms with van der Waals surface area (Å²) in [6.07, 6.45) is 3.79. The molecule has 3 heterocycles. The van der Waals surface area contributed by atoms with Crippen LogP contribution in [0.25, 0.3) is 10.9 Å². The van der Waals surface area contributed by atoms with Crippen LogP contribution >= 0.6 is 0 Å². The van der Waals surface area contributed by atoms with E-state index in [2.05, 4.69) is 0 Å². The van der Waals surface area contributed by atoms with Gasteiger partial charge in [-0.05, 0) is 37.8 Å². The van der Waals surface area contributed by atoms with Crippen molar-refractivity contribution in [1.82, 2.24) is 14.8 Å². The number of piperazine rings is 1. The van der Waals surface area contributed by atoms with Crippen LogP contribution in [0, 0.1) is 0 Å². The Morgan fingerprint density at radius 3 is 2.46 bits per heavy atom. The summed E-state index contributed by atoms with van der Waals surface area (Å²) in [5.74, 6) is 0.622. The van der Waals surface area contributed by atoms with Gasteiger partial charge in [-0.2, -0.15) is 0 Å². The van der Waals surface area contributed by atoms with Gasteiger partial charge in [-0.3, -0.25) is 14.6 Å². The standard InChI is InChI=1S/C22H25N3O3/c26-21(24-9-11-25(12-10-24)22(27)20-6-3-13-28-20)17-14-19(15-7-8-15)23-18-5-2-1-4-16(17)18/h1-2,4-5,14-15,20H,3,6-13H2. The van der Waals surface area contributed by atoms with E-state index in [-0.39, 0.29) is 17.9 Å². The van der Waals surface area contributed by atoms with Gasteiger partial charge in [0.2, 0.25) is 0 Å². The van der Waals surface area contributed by atoms with Crippen LogP contribution in [0.1, 0.15) is 47.7 Å². The van der Waals surface area contributed by atoms with E-state index in [1.165, 1.54) is 0 Å². The quantitative estimate of drug-likeness (QED) is 0.822. The predicted molar refractivity (Wildman–Crippen MR) is 105 cm³/mol. The molecule has 146 valence electrons. The number of rotatable bonds is 3. The fourth-order valence-electron chi connectivity index (χ4n) is 4.24. The van der Waals surface area contributed by atoms with Crippen molar-refractivity contribution in [2.24, 2.45) is 0 Å². The molecular formula is C22H25N3O3. The fourth-order valence-corrected chi connectivity index (χ4v) is 4.24. The Bertz CT molecular complexity index is 910. The highest BCUT2D eigenvalue weighted by molar-refractivity contribution is 6.06. The number of hydrogen-bond acceptors (Lipinski definition) is 4. The van der Waals surface area contributed by atoms with E-state index in [1.807, 2.05) is 40.1 Å². The second kappa shape index (κ2) is 7.17. The lowest BCUT2D eigenvalue weighted by atomic mass is 10.0. The normalized spacial score (nSPS) is 22.6. The van der Waals surface area contributed by atoms with Gasteiger partial charge in [-0.25, -0.2) is 0 Å². The van der Waals surface area contributed by atoms with Crippen LogP contribution in [0.15, 0.2) is 30.3 Å². The number of benzene rings is 1. The van der Waals surface area contributed by atoms with Gasteiger partial charge in [-0.1, -0.05) is 18.2 Å². The van der Waals surface area contributed by atoms with Crippen molar-refractivity contribution in [3.63, 3.8) is 0 Å². The van der Waals surface area contributed by atoms with E-state index in [1.54, 1.807) is 0 Å². The maximum absolute atomic E-state index is 13.3. The van der Waals surface area contributed by atoms with Crippen LogP contribution in [-0.2, 0) is 9.53 Å². The van der Waals surface area contributed by atoms with Crippen LogP contribution in [0.5, 0.6) is 0 Å². The summed E-state index contributed by atoms with van der Waals surface area (Å²) in [4.78, 5) is 34.3. The third kappa shape index (κ3) is 3.26. The molecule has 1 saturated carbocycles. The monoisotopic (exact) mass is 379 g/mol. The average Bonchev–Trinajstić information content (AvgIpc) is 3.46. The Labute approximate surface area is 164 Å². The molecule has 1 atom stereocenters. The third-order valence-electron chi connectivity index (χ3n) is 6.05. The highest BCUT2D eigenvalue weighted by Crippen LogP contribution is 2.40. The first-order valence-electron chi connectivity index (χ1n) is 10.3. The van der Waals surface area contributed by atoms with Crippen molar-refractivity contribution in [2.45, 2.75) is 37.7 Å². The first kappa shape index (κ1) is 17.6. The van der Waals surface area contributed by atoms with Crippen molar-refractivity contribution in [1.29, 1.82) is 0 Å². The first-order chi connectivity index (χ1) is 13.7. The van der Waals surface area contributed by atoms with Gasteiger partial charge < -0.3 is 14.5 Å². The number of para-hydroxylation sites is 1. The molecule has 3 aliphatic rings.